The van der Waals surface area contributed by atoms with Crippen molar-refractivity contribution in [3.8, 4) is 0 Å². The Morgan fingerprint density at radius 3 is 2.59 bits per heavy atom. The molecule has 2 heterocycles. The lowest BCUT2D eigenvalue weighted by molar-refractivity contribution is 0.0953. The summed E-state index contributed by atoms with van der Waals surface area (Å²) >= 11 is 0. The van der Waals surface area contributed by atoms with Crippen molar-refractivity contribution in [2.45, 2.75) is 6.54 Å². The van der Waals surface area contributed by atoms with E-state index in [4.69, 9.17) is 0 Å². The van der Waals surface area contributed by atoms with E-state index in [1.807, 2.05) is 79.0 Å². The number of amides is 2. The molecule has 5 aromatic rings. The molecular weight excluding hydrogens is 424 g/mol. The van der Waals surface area contributed by atoms with Gasteiger partial charge in [-0.05, 0) is 41.3 Å². The minimum absolute atomic E-state index is 0.000220. The Kier molecular flexibility index (Phi) is 4.70. The average Bonchev–Trinajstić information content (AvgIpc) is 3.41. The van der Waals surface area contributed by atoms with Gasteiger partial charge in [-0.1, -0.05) is 54.6 Å². The Morgan fingerprint density at radius 1 is 0.941 bits per heavy atom. The Balaban J connectivity index is 1.15. The molecule has 6 heteroatoms. The van der Waals surface area contributed by atoms with Gasteiger partial charge in [0, 0.05) is 39.2 Å². The third-order valence-corrected chi connectivity index (χ3v) is 6.20. The van der Waals surface area contributed by atoms with Gasteiger partial charge < -0.3 is 9.88 Å². The predicted octanol–water partition coefficient (Wildman–Crippen LogP) is 5.25. The number of carbonyl (C=O) groups excluding carboxylic acids is 2. The Morgan fingerprint density at radius 2 is 1.74 bits per heavy atom. The zero-order valence-electron chi connectivity index (χ0n) is 18.2. The fourth-order valence-electron chi connectivity index (χ4n) is 4.51. The highest BCUT2D eigenvalue weighted by Gasteiger charge is 2.29. The van der Waals surface area contributed by atoms with Crippen LogP contribution in [-0.2, 0) is 6.54 Å². The molecule has 0 saturated carbocycles. The molecule has 1 aromatic heterocycles. The third-order valence-electron chi connectivity index (χ3n) is 6.20. The molecule has 2 N–H and O–H groups in total. The van der Waals surface area contributed by atoms with Gasteiger partial charge in [0.25, 0.3) is 11.8 Å². The Labute approximate surface area is 195 Å². The van der Waals surface area contributed by atoms with Gasteiger partial charge in [-0.15, -0.1) is 0 Å². The van der Waals surface area contributed by atoms with Gasteiger partial charge in [-0.3, -0.25) is 9.59 Å². The number of hydrogen-bond donors (Lipinski definition) is 2. The standard InChI is InChI=1S/C28H20N4O2/c33-27(31-30-16-21-15-29-24-9-2-1-7-22(21)24)20-13-11-18(12-14-20)17-32-25-10-4-6-19-5-3-8-23(26(19)25)28(32)34/h1-16,29H,17H2,(H,31,33). The zero-order chi connectivity index (χ0) is 23.1. The largest absolute Gasteiger partial charge is 0.361 e. The van der Waals surface area contributed by atoms with Crippen molar-refractivity contribution in [2.24, 2.45) is 5.10 Å². The quantitative estimate of drug-likeness (QED) is 0.287. The maximum atomic E-state index is 13.0. The first-order valence-electron chi connectivity index (χ1n) is 11.0. The van der Waals surface area contributed by atoms with E-state index >= 15 is 0 Å². The fourth-order valence-corrected chi connectivity index (χ4v) is 4.51. The van der Waals surface area contributed by atoms with Crippen molar-refractivity contribution in [1.29, 1.82) is 0 Å². The van der Waals surface area contributed by atoms with Crippen LogP contribution < -0.4 is 10.3 Å². The topological polar surface area (TPSA) is 77.6 Å². The summed E-state index contributed by atoms with van der Waals surface area (Å²) in [6, 6.07) is 26.9. The maximum Gasteiger partial charge on any atom is 0.271 e. The summed E-state index contributed by atoms with van der Waals surface area (Å²) in [7, 11) is 0. The SMILES string of the molecule is O=C(NN=Cc1c[nH]c2ccccc12)c1ccc(CN2C(=O)c3cccc4cccc2c34)cc1. The van der Waals surface area contributed by atoms with Crippen molar-refractivity contribution < 1.29 is 9.59 Å². The number of aromatic amines is 1. The molecular formula is C28H20N4O2. The minimum atomic E-state index is -0.294. The van der Waals surface area contributed by atoms with E-state index in [0.29, 0.717) is 12.1 Å². The number of benzene rings is 4. The smallest absolute Gasteiger partial charge is 0.271 e. The highest BCUT2D eigenvalue weighted by molar-refractivity contribution is 6.24. The average molecular weight is 444 g/mol. The van der Waals surface area contributed by atoms with Gasteiger partial charge in [0.1, 0.15) is 0 Å². The number of hydrogen-bond acceptors (Lipinski definition) is 3. The Hall–Kier alpha value is -4.71. The van der Waals surface area contributed by atoms with Crippen molar-refractivity contribution in [3.63, 3.8) is 0 Å². The van der Waals surface area contributed by atoms with Crippen molar-refractivity contribution >= 4 is 45.4 Å². The lowest BCUT2D eigenvalue weighted by atomic mass is 10.1. The van der Waals surface area contributed by atoms with Gasteiger partial charge in [0.2, 0.25) is 0 Å². The van der Waals surface area contributed by atoms with E-state index in [1.54, 1.807) is 23.2 Å². The van der Waals surface area contributed by atoms with Crippen LogP contribution in [0, 0.1) is 0 Å². The molecule has 0 saturated heterocycles. The number of H-pyrrole nitrogens is 1. The fraction of sp³-hybridized carbons (Fsp3) is 0.0357. The second-order valence-electron chi connectivity index (χ2n) is 8.26. The number of anilines is 1. The molecule has 6 nitrogen and oxygen atoms in total. The number of carbonyl (C=O) groups is 2. The molecule has 0 unspecified atom stereocenters. The molecule has 2 amide bonds. The molecule has 0 aliphatic carbocycles. The monoisotopic (exact) mass is 444 g/mol. The summed E-state index contributed by atoms with van der Waals surface area (Å²) in [5, 5.41) is 7.20. The molecule has 1 aliphatic heterocycles. The van der Waals surface area contributed by atoms with Crippen LogP contribution in [0.1, 0.15) is 31.8 Å². The Bertz CT molecular complexity index is 1590. The number of hydrazone groups is 1. The van der Waals surface area contributed by atoms with Gasteiger partial charge >= 0.3 is 0 Å². The number of nitrogens with zero attached hydrogens (tertiary/aromatic N) is 2. The highest BCUT2D eigenvalue weighted by Crippen LogP contribution is 2.37. The summed E-state index contributed by atoms with van der Waals surface area (Å²) in [5.74, 6) is -0.294. The molecule has 34 heavy (non-hydrogen) atoms. The van der Waals surface area contributed by atoms with E-state index in [-0.39, 0.29) is 11.8 Å². The first-order valence-corrected chi connectivity index (χ1v) is 11.0. The van der Waals surface area contributed by atoms with Crippen LogP contribution in [0.2, 0.25) is 0 Å². The first-order chi connectivity index (χ1) is 16.7. The summed E-state index contributed by atoms with van der Waals surface area (Å²) in [4.78, 5) is 30.5. The van der Waals surface area contributed by atoms with Gasteiger partial charge in [-0.25, -0.2) is 5.43 Å². The van der Waals surface area contributed by atoms with Gasteiger partial charge in [-0.2, -0.15) is 5.10 Å². The minimum Gasteiger partial charge on any atom is -0.361 e. The zero-order valence-corrected chi connectivity index (χ0v) is 18.2. The maximum absolute atomic E-state index is 13.0. The lowest BCUT2D eigenvalue weighted by Crippen LogP contribution is -2.26. The van der Waals surface area contributed by atoms with E-state index in [0.717, 1.165) is 44.1 Å². The molecule has 4 aromatic carbocycles. The van der Waals surface area contributed by atoms with E-state index in [1.165, 1.54) is 0 Å². The summed E-state index contributed by atoms with van der Waals surface area (Å²) < 4.78 is 0. The van der Waals surface area contributed by atoms with Crippen molar-refractivity contribution in [3.05, 3.63) is 113 Å². The van der Waals surface area contributed by atoms with Crippen LogP contribution in [0.15, 0.2) is 96.2 Å². The van der Waals surface area contributed by atoms with Crippen LogP contribution in [0.5, 0.6) is 0 Å². The molecule has 0 atom stereocenters. The summed E-state index contributed by atoms with van der Waals surface area (Å²) in [5.41, 5.74) is 7.59. The number of aromatic nitrogens is 1. The number of para-hydroxylation sites is 1. The third kappa shape index (κ3) is 3.33. The van der Waals surface area contributed by atoms with E-state index in [2.05, 4.69) is 15.5 Å². The molecule has 0 bridgehead atoms. The molecule has 6 rings (SSSR count). The number of fused-ring (bicyclic) bond motifs is 1. The predicted molar refractivity (Wildman–Crippen MR) is 134 cm³/mol. The van der Waals surface area contributed by atoms with Gasteiger partial charge in [0.15, 0.2) is 0 Å². The number of nitrogens with one attached hydrogen (secondary N) is 2. The van der Waals surface area contributed by atoms with Gasteiger partial charge in [0.05, 0.1) is 18.4 Å². The van der Waals surface area contributed by atoms with Crippen LogP contribution in [0.3, 0.4) is 0 Å². The number of rotatable bonds is 5. The molecule has 0 fully saturated rings. The molecule has 0 spiro atoms. The molecule has 0 radical (unpaired) electrons. The molecule has 164 valence electrons. The second-order valence-corrected chi connectivity index (χ2v) is 8.26. The van der Waals surface area contributed by atoms with Crippen LogP contribution >= 0.6 is 0 Å². The van der Waals surface area contributed by atoms with Crippen LogP contribution in [0.25, 0.3) is 21.7 Å². The first kappa shape index (κ1) is 19.9. The van der Waals surface area contributed by atoms with Crippen molar-refractivity contribution in [2.75, 3.05) is 4.90 Å². The molecule has 1 aliphatic rings. The highest BCUT2D eigenvalue weighted by atomic mass is 16.2. The van der Waals surface area contributed by atoms with E-state index < -0.39 is 0 Å². The van der Waals surface area contributed by atoms with Crippen LogP contribution in [0.4, 0.5) is 5.69 Å². The normalized spacial score (nSPS) is 12.8. The van der Waals surface area contributed by atoms with Crippen molar-refractivity contribution in [1.82, 2.24) is 10.4 Å². The van der Waals surface area contributed by atoms with Crippen LogP contribution in [-0.4, -0.2) is 23.0 Å². The lowest BCUT2D eigenvalue weighted by Gasteiger charge is -2.18. The second kappa shape index (κ2) is 8.01. The van der Waals surface area contributed by atoms with E-state index in [9.17, 15) is 9.59 Å². The summed E-state index contributed by atoms with van der Waals surface area (Å²) in [6.07, 6.45) is 3.48. The summed E-state index contributed by atoms with van der Waals surface area (Å²) in [6.45, 7) is 0.438.